The number of methoxy groups -OCH3 is 1. The predicted octanol–water partition coefficient (Wildman–Crippen LogP) is 2.60. The van der Waals surface area contributed by atoms with Gasteiger partial charge in [-0.05, 0) is 36.4 Å². The minimum absolute atomic E-state index is 0.167. The van der Waals surface area contributed by atoms with Crippen LogP contribution in [0.25, 0.3) is 6.08 Å². The lowest BCUT2D eigenvalue weighted by Gasteiger charge is -2.11. The molecule has 6 nitrogen and oxygen atoms in total. The molecule has 0 radical (unpaired) electrons. The Kier molecular flexibility index (Phi) is 5.95. The number of benzene rings is 2. The zero-order chi connectivity index (χ0) is 18.4. The van der Waals surface area contributed by atoms with E-state index in [9.17, 15) is 13.2 Å². The van der Waals surface area contributed by atoms with E-state index in [2.05, 4.69) is 5.32 Å². The van der Waals surface area contributed by atoms with Crippen molar-refractivity contribution in [3.63, 3.8) is 0 Å². The summed E-state index contributed by atoms with van der Waals surface area (Å²) in [6.45, 7) is 0. The molecule has 0 aliphatic carbocycles. The van der Waals surface area contributed by atoms with E-state index >= 15 is 0 Å². The SMILES string of the molecule is COc1ccccc1C=CC(=O)Nc1ccc(S(=O)(=O)N(C)C)cc1. The molecule has 1 N–H and O–H groups in total. The third-order valence-electron chi connectivity index (χ3n) is 3.45. The summed E-state index contributed by atoms with van der Waals surface area (Å²) in [7, 11) is 1.01. The van der Waals surface area contributed by atoms with Gasteiger partial charge in [-0.3, -0.25) is 4.79 Å². The van der Waals surface area contributed by atoms with Crippen molar-refractivity contribution in [3.05, 3.63) is 60.2 Å². The van der Waals surface area contributed by atoms with E-state index in [0.717, 1.165) is 9.87 Å². The molecule has 0 aromatic heterocycles. The molecule has 0 aliphatic heterocycles. The second-order valence-corrected chi connectivity index (χ2v) is 7.53. The Morgan fingerprint density at radius 1 is 1.08 bits per heavy atom. The number of hydrogen-bond donors (Lipinski definition) is 1. The fourth-order valence-electron chi connectivity index (χ4n) is 2.07. The van der Waals surface area contributed by atoms with Gasteiger partial charge in [0.25, 0.3) is 0 Å². The van der Waals surface area contributed by atoms with Crippen LogP contribution in [0.3, 0.4) is 0 Å². The van der Waals surface area contributed by atoms with Gasteiger partial charge in [-0.15, -0.1) is 0 Å². The van der Waals surface area contributed by atoms with Crippen LogP contribution in [0.5, 0.6) is 5.75 Å². The van der Waals surface area contributed by atoms with Crippen molar-refractivity contribution < 1.29 is 17.9 Å². The molecule has 2 aromatic carbocycles. The van der Waals surface area contributed by atoms with E-state index in [1.165, 1.54) is 32.3 Å². The van der Waals surface area contributed by atoms with Crippen molar-refractivity contribution >= 4 is 27.7 Å². The van der Waals surface area contributed by atoms with E-state index < -0.39 is 10.0 Å². The first kappa shape index (κ1) is 18.7. The Morgan fingerprint density at radius 3 is 2.32 bits per heavy atom. The summed E-state index contributed by atoms with van der Waals surface area (Å²) in [5.41, 5.74) is 1.29. The number of nitrogens with zero attached hydrogens (tertiary/aromatic N) is 1. The van der Waals surface area contributed by atoms with Crippen LogP contribution in [-0.2, 0) is 14.8 Å². The number of para-hydroxylation sites is 1. The normalized spacial score (nSPS) is 11.7. The Labute approximate surface area is 147 Å². The number of rotatable bonds is 6. The van der Waals surface area contributed by atoms with Crippen LogP contribution >= 0.6 is 0 Å². The Hall–Kier alpha value is -2.64. The number of hydrogen-bond acceptors (Lipinski definition) is 4. The summed E-state index contributed by atoms with van der Waals surface area (Å²) in [5.74, 6) is 0.346. The third-order valence-corrected chi connectivity index (χ3v) is 5.28. The van der Waals surface area contributed by atoms with E-state index in [1.54, 1.807) is 25.3 Å². The first-order valence-electron chi connectivity index (χ1n) is 7.49. The average molecular weight is 360 g/mol. The molecule has 2 rings (SSSR count). The quantitative estimate of drug-likeness (QED) is 0.804. The highest BCUT2D eigenvalue weighted by Gasteiger charge is 2.16. The Bertz CT molecular complexity index is 872. The molecule has 0 unspecified atom stereocenters. The number of carbonyl (C=O) groups is 1. The molecular weight excluding hydrogens is 340 g/mol. The van der Waals surface area contributed by atoms with Gasteiger partial charge in [-0.1, -0.05) is 18.2 Å². The van der Waals surface area contributed by atoms with Gasteiger partial charge < -0.3 is 10.1 Å². The van der Waals surface area contributed by atoms with Crippen LogP contribution in [0.1, 0.15) is 5.56 Å². The molecule has 7 heteroatoms. The minimum atomic E-state index is -3.48. The van der Waals surface area contributed by atoms with Crippen molar-refractivity contribution in [1.29, 1.82) is 0 Å². The lowest BCUT2D eigenvalue weighted by Crippen LogP contribution is -2.22. The maximum absolute atomic E-state index is 12.0. The number of sulfonamides is 1. The molecule has 132 valence electrons. The molecular formula is C18H20N2O4S. The summed E-state index contributed by atoms with van der Waals surface area (Å²) in [5, 5.41) is 2.68. The van der Waals surface area contributed by atoms with E-state index in [1.807, 2.05) is 24.3 Å². The number of ether oxygens (including phenoxy) is 1. The lowest BCUT2D eigenvalue weighted by atomic mass is 10.2. The van der Waals surface area contributed by atoms with Crippen LogP contribution in [-0.4, -0.2) is 39.8 Å². The number of anilines is 1. The van der Waals surface area contributed by atoms with Crippen LogP contribution in [0.15, 0.2) is 59.5 Å². The second kappa shape index (κ2) is 7.96. The number of carbonyl (C=O) groups excluding carboxylic acids is 1. The maximum Gasteiger partial charge on any atom is 0.248 e. The summed E-state index contributed by atoms with van der Waals surface area (Å²) in [6.07, 6.45) is 3.04. The highest BCUT2D eigenvalue weighted by atomic mass is 32.2. The van der Waals surface area contributed by atoms with E-state index in [0.29, 0.717) is 11.4 Å². The standard InChI is InChI=1S/C18H20N2O4S/c1-20(2)25(22,23)16-11-9-15(10-12-16)19-18(21)13-8-14-6-4-5-7-17(14)24-3/h4-13H,1-3H3,(H,19,21). The average Bonchev–Trinajstić information content (AvgIpc) is 2.60. The van der Waals surface area contributed by atoms with Gasteiger partial charge in [0.1, 0.15) is 5.75 Å². The highest BCUT2D eigenvalue weighted by Crippen LogP contribution is 2.19. The maximum atomic E-state index is 12.0. The van der Waals surface area contributed by atoms with Crippen molar-refractivity contribution in [1.82, 2.24) is 4.31 Å². The predicted molar refractivity (Wildman–Crippen MR) is 98.0 cm³/mol. The summed E-state index contributed by atoms with van der Waals surface area (Å²) < 4.78 is 30.4. The lowest BCUT2D eigenvalue weighted by molar-refractivity contribution is -0.111. The molecule has 0 bridgehead atoms. The molecule has 0 aliphatic rings. The van der Waals surface area contributed by atoms with Gasteiger partial charge in [0, 0.05) is 31.4 Å². The zero-order valence-corrected chi connectivity index (χ0v) is 15.1. The van der Waals surface area contributed by atoms with Gasteiger partial charge in [-0.25, -0.2) is 12.7 Å². The van der Waals surface area contributed by atoms with E-state index in [4.69, 9.17) is 4.74 Å². The first-order valence-corrected chi connectivity index (χ1v) is 8.93. The molecule has 0 heterocycles. The van der Waals surface area contributed by atoms with E-state index in [-0.39, 0.29) is 10.8 Å². The highest BCUT2D eigenvalue weighted by molar-refractivity contribution is 7.89. The van der Waals surface area contributed by atoms with Gasteiger partial charge in [0.2, 0.25) is 15.9 Å². The summed E-state index contributed by atoms with van der Waals surface area (Å²) >= 11 is 0. The molecule has 0 atom stereocenters. The fourth-order valence-corrected chi connectivity index (χ4v) is 2.98. The van der Waals surface area contributed by atoms with Crippen molar-refractivity contribution in [2.24, 2.45) is 0 Å². The second-order valence-electron chi connectivity index (χ2n) is 5.38. The van der Waals surface area contributed by atoms with Crippen LogP contribution < -0.4 is 10.1 Å². The Morgan fingerprint density at radius 2 is 1.72 bits per heavy atom. The molecule has 0 fully saturated rings. The summed E-state index contributed by atoms with van der Waals surface area (Å²) in [4.78, 5) is 12.2. The molecule has 2 aromatic rings. The topological polar surface area (TPSA) is 75.7 Å². The van der Waals surface area contributed by atoms with Gasteiger partial charge in [-0.2, -0.15) is 0 Å². The van der Waals surface area contributed by atoms with Crippen molar-refractivity contribution in [3.8, 4) is 5.75 Å². The molecule has 0 saturated heterocycles. The van der Waals surface area contributed by atoms with Crippen LogP contribution in [0, 0.1) is 0 Å². The number of amides is 1. The number of nitrogens with one attached hydrogen (secondary N) is 1. The van der Waals surface area contributed by atoms with Crippen LogP contribution in [0.2, 0.25) is 0 Å². The minimum Gasteiger partial charge on any atom is -0.496 e. The van der Waals surface area contributed by atoms with Gasteiger partial charge in [0.05, 0.1) is 12.0 Å². The molecule has 1 amide bonds. The Balaban J connectivity index is 2.07. The third kappa shape index (κ3) is 4.68. The summed E-state index contributed by atoms with van der Waals surface area (Å²) in [6, 6.07) is 13.3. The van der Waals surface area contributed by atoms with Gasteiger partial charge in [0.15, 0.2) is 0 Å². The van der Waals surface area contributed by atoms with Crippen LogP contribution in [0.4, 0.5) is 5.69 Å². The smallest absolute Gasteiger partial charge is 0.248 e. The molecule has 25 heavy (non-hydrogen) atoms. The zero-order valence-electron chi connectivity index (χ0n) is 14.3. The largest absolute Gasteiger partial charge is 0.496 e. The monoisotopic (exact) mass is 360 g/mol. The fraction of sp³-hybridized carbons (Fsp3) is 0.167. The molecule has 0 spiro atoms. The van der Waals surface area contributed by atoms with Crippen molar-refractivity contribution in [2.45, 2.75) is 4.90 Å². The first-order chi connectivity index (χ1) is 11.8. The molecule has 0 saturated carbocycles. The van der Waals surface area contributed by atoms with Gasteiger partial charge >= 0.3 is 0 Å². The van der Waals surface area contributed by atoms with Crippen molar-refractivity contribution in [2.75, 3.05) is 26.5 Å².